The Morgan fingerprint density at radius 1 is 1.50 bits per heavy atom. The molecule has 0 aromatic heterocycles. The predicted molar refractivity (Wildman–Crippen MR) is 62.5 cm³/mol. The van der Waals surface area contributed by atoms with Crippen molar-refractivity contribution in [2.75, 3.05) is 5.32 Å². The van der Waals surface area contributed by atoms with Crippen LogP contribution in [0.5, 0.6) is 0 Å². The number of nitrogens with one attached hydrogen (secondary N) is 1. The molecule has 1 N–H and O–H groups in total. The van der Waals surface area contributed by atoms with Gasteiger partial charge in [0.15, 0.2) is 0 Å². The quantitative estimate of drug-likeness (QED) is 0.832. The minimum atomic E-state index is 0.559. The summed E-state index contributed by atoms with van der Waals surface area (Å²) in [6.45, 7) is 4.38. The van der Waals surface area contributed by atoms with Crippen molar-refractivity contribution < 1.29 is 0 Å². The van der Waals surface area contributed by atoms with Crippen molar-refractivity contribution in [1.82, 2.24) is 0 Å². The number of hydrogen-bond donors (Lipinski definition) is 1. The Kier molecular flexibility index (Phi) is 3.85. The molecule has 12 heavy (non-hydrogen) atoms. The maximum Gasteiger partial charge on any atom is 0.0352 e. The van der Waals surface area contributed by atoms with Crippen LogP contribution in [0, 0.1) is 3.57 Å². The van der Waals surface area contributed by atoms with Crippen LogP contribution in [0.4, 0.5) is 5.69 Å². The number of benzene rings is 1. The molecule has 0 aliphatic carbocycles. The zero-order valence-corrected chi connectivity index (χ0v) is 9.63. The van der Waals surface area contributed by atoms with E-state index in [1.54, 1.807) is 0 Å². The maximum absolute atomic E-state index is 3.43. The zero-order chi connectivity index (χ0) is 8.97. The van der Waals surface area contributed by atoms with Gasteiger partial charge in [-0.15, -0.1) is 0 Å². The second kappa shape index (κ2) is 4.70. The Labute approximate surface area is 87.7 Å². The van der Waals surface area contributed by atoms with E-state index < -0.39 is 0 Å². The molecular formula is C10H14IN. The van der Waals surface area contributed by atoms with Crippen LogP contribution in [0.2, 0.25) is 0 Å². The van der Waals surface area contributed by atoms with Crippen LogP contribution in [-0.4, -0.2) is 6.04 Å². The Hall–Kier alpha value is -0.250. The third-order valence-corrected chi connectivity index (χ3v) is 2.52. The largest absolute Gasteiger partial charge is 0.383 e. The molecule has 0 heterocycles. The minimum absolute atomic E-state index is 0.559. The van der Waals surface area contributed by atoms with Crippen LogP contribution in [0.3, 0.4) is 0 Å². The average molecular weight is 275 g/mol. The Bertz CT molecular complexity index is 247. The SMILES string of the molecule is CC[C@@H](C)Nc1cccc(I)c1. The van der Waals surface area contributed by atoms with Gasteiger partial charge in [0, 0.05) is 15.3 Å². The van der Waals surface area contributed by atoms with Crippen LogP contribution in [-0.2, 0) is 0 Å². The van der Waals surface area contributed by atoms with Crippen LogP contribution < -0.4 is 5.32 Å². The van der Waals surface area contributed by atoms with Crippen molar-refractivity contribution in [2.24, 2.45) is 0 Å². The highest BCUT2D eigenvalue weighted by Crippen LogP contribution is 2.13. The van der Waals surface area contributed by atoms with Crippen molar-refractivity contribution in [3.63, 3.8) is 0 Å². The molecule has 0 aliphatic heterocycles. The molecule has 66 valence electrons. The smallest absolute Gasteiger partial charge is 0.0352 e. The van der Waals surface area contributed by atoms with Crippen molar-refractivity contribution in [1.29, 1.82) is 0 Å². The summed E-state index contributed by atoms with van der Waals surface area (Å²) in [4.78, 5) is 0. The average Bonchev–Trinajstić information content (AvgIpc) is 2.04. The van der Waals surface area contributed by atoms with Gasteiger partial charge in [-0.3, -0.25) is 0 Å². The fourth-order valence-electron chi connectivity index (χ4n) is 0.965. The fourth-order valence-corrected chi connectivity index (χ4v) is 1.51. The standard InChI is InChI=1S/C10H14IN/c1-3-8(2)12-10-6-4-5-9(11)7-10/h4-8,12H,3H2,1-2H3/t8-/m1/s1. The summed E-state index contributed by atoms with van der Waals surface area (Å²) in [6.07, 6.45) is 1.16. The first-order chi connectivity index (χ1) is 5.72. The van der Waals surface area contributed by atoms with Gasteiger partial charge in [-0.1, -0.05) is 13.0 Å². The van der Waals surface area contributed by atoms with Crippen LogP contribution in [0.15, 0.2) is 24.3 Å². The zero-order valence-electron chi connectivity index (χ0n) is 7.47. The molecule has 0 spiro atoms. The third kappa shape index (κ3) is 3.01. The van der Waals surface area contributed by atoms with Gasteiger partial charge in [0.1, 0.15) is 0 Å². The second-order valence-electron chi connectivity index (χ2n) is 2.96. The van der Waals surface area contributed by atoms with E-state index in [0.29, 0.717) is 6.04 Å². The van der Waals surface area contributed by atoms with Crippen molar-refractivity contribution >= 4 is 28.3 Å². The van der Waals surface area contributed by atoms with Gasteiger partial charge < -0.3 is 5.32 Å². The fraction of sp³-hybridized carbons (Fsp3) is 0.400. The molecule has 2 heteroatoms. The van der Waals surface area contributed by atoms with Crippen molar-refractivity contribution in [3.05, 3.63) is 27.8 Å². The molecule has 0 aliphatic rings. The van der Waals surface area contributed by atoms with Crippen molar-refractivity contribution in [3.8, 4) is 0 Å². The van der Waals surface area contributed by atoms with E-state index in [4.69, 9.17) is 0 Å². The van der Waals surface area contributed by atoms with Gasteiger partial charge in [0.2, 0.25) is 0 Å². The molecule has 1 rings (SSSR count). The topological polar surface area (TPSA) is 12.0 Å². The molecule has 0 fully saturated rings. The summed E-state index contributed by atoms with van der Waals surface area (Å²) in [5.41, 5.74) is 1.22. The first kappa shape index (κ1) is 9.84. The molecule has 1 aromatic rings. The lowest BCUT2D eigenvalue weighted by Gasteiger charge is -2.12. The summed E-state index contributed by atoms with van der Waals surface area (Å²) in [6, 6.07) is 9.00. The van der Waals surface area contributed by atoms with E-state index in [1.807, 2.05) is 0 Å². The lowest BCUT2D eigenvalue weighted by molar-refractivity contribution is 0.764. The van der Waals surface area contributed by atoms with E-state index in [9.17, 15) is 0 Å². The Morgan fingerprint density at radius 2 is 2.25 bits per heavy atom. The Balaban J connectivity index is 2.63. The van der Waals surface area contributed by atoms with Gasteiger partial charge in [-0.2, -0.15) is 0 Å². The molecule has 0 amide bonds. The molecule has 0 radical (unpaired) electrons. The molecule has 1 aromatic carbocycles. The highest BCUT2D eigenvalue weighted by atomic mass is 127. The highest BCUT2D eigenvalue weighted by Gasteiger charge is 1.97. The number of halogens is 1. The monoisotopic (exact) mass is 275 g/mol. The number of rotatable bonds is 3. The van der Waals surface area contributed by atoms with Gasteiger partial charge >= 0.3 is 0 Å². The molecular weight excluding hydrogens is 261 g/mol. The summed E-state index contributed by atoms with van der Waals surface area (Å²) in [5, 5.41) is 3.43. The van der Waals surface area contributed by atoms with E-state index in [0.717, 1.165) is 6.42 Å². The number of hydrogen-bond acceptors (Lipinski definition) is 1. The Morgan fingerprint density at radius 3 is 2.83 bits per heavy atom. The lowest BCUT2D eigenvalue weighted by Crippen LogP contribution is -2.13. The normalized spacial score (nSPS) is 12.6. The predicted octanol–water partition coefficient (Wildman–Crippen LogP) is 3.50. The summed E-state index contributed by atoms with van der Waals surface area (Å²) >= 11 is 2.32. The molecule has 0 saturated heterocycles. The van der Waals surface area contributed by atoms with Gasteiger partial charge in [0.25, 0.3) is 0 Å². The first-order valence-electron chi connectivity index (χ1n) is 4.24. The third-order valence-electron chi connectivity index (χ3n) is 1.85. The highest BCUT2D eigenvalue weighted by molar-refractivity contribution is 14.1. The maximum atomic E-state index is 3.43. The lowest BCUT2D eigenvalue weighted by atomic mass is 10.2. The summed E-state index contributed by atoms with van der Waals surface area (Å²) in [7, 11) is 0. The molecule has 1 nitrogen and oxygen atoms in total. The van der Waals surface area contributed by atoms with Gasteiger partial charge in [0.05, 0.1) is 0 Å². The number of anilines is 1. The summed E-state index contributed by atoms with van der Waals surface area (Å²) < 4.78 is 1.28. The first-order valence-corrected chi connectivity index (χ1v) is 5.32. The molecule has 0 saturated carbocycles. The van der Waals surface area contributed by atoms with E-state index in [2.05, 4.69) is 66.0 Å². The van der Waals surface area contributed by atoms with Crippen LogP contribution >= 0.6 is 22.6 Å². The van der Waals surface area contributed by atoms with E-state index in [1.165, 1.54) is 9.26 Å². The van der Waals surface area contributed by atoms with Crippen LogP contribution in [0.25, 0.3) is 0 Å². The van der Waals surface area contributed by atoms with E-state index >= 15 is 0 Å². The van der Waals surface area contributed by atoms with Gasteiger partial charge in [-0.25, -0.2) is 0 Å². The molecule has 0 bridgehead atoms. The molecule has 1 atom stereocenters. The minimum Gasteiger partial charge on any atom is -0.383 e. The van der Waals surface area contributed by atoms with Crippen molar-refractivity contribution in [2.45, 2.75) is 26.3 Å². The second-order valence-corrected chi connectivity index (χ2v) is 4.21. The summed E-state index contributed by atoms with van der Waals surface area (Å²) in [5.74, 6) is 0. The van der Waals surface area contributed by atoms with Gasteiger partial charge in [-0.05, 0) is 54.1 Å². The van der Waals surface area contributed by atoms with E-state index in [-0.39, 0.29) is 0 Å². The molecule has 0 unspecified atom stereocenters. The van der Waals surface area contributed by atoms with Crippen LogP contribution in [0.1, 0.15) is 20.3 Å².